The molecule has 0 aliphatic heterocycles. The van der Waals surface area contributed by atoms with Gasteiger partial charge in [0.25, 0.3) is 5.91 Å². The molecule has 0 bridgehead atoms. The normalized spacial score (nSPS) is 11.2. The Kier molecular flexibility index (Phi) is 7.40. The number of anilines is 2. The van der Waals surface area contributed by atoms with Crippen molar-refractivity contribution >= 4 is 45.8 Å². The fourth-order valence-corrected chi connectivity index (χ4v) is 3.54. The van der Waals surface area contributed by atoms with E-state index in [1.165, 1.54) is 11.8 Å². The lowest BCUT2D eigenvalue weighted by Crippen LogP contribution is -2.11. The van der Waals surface area contributed by atoms with Gasteiger partial charge in [0.05, 0.1) is 17.3 Å². The number of rotatable bonds is 7. The van der Waals surface area contributed by atoms with Crippen molar-refractivity contribution in [2.24, 2.45) is 0 Å². The first-order chi connectivity index (χ1) is 13.0. The third-order valence-corrected chi connectivity index (χ3v) is 5.06. The summed E-state index contributed by atoms with van der Waals surface area (Å²) in [6.07, 6.45) is 1.72. The predicted molar refractivity (Wildman–Crippen MR) is 108 cm³/mol. The lowest BCUT2D eigenvalue weighted by atomic mass is 10.3. The third-order valence-electron chi connectivity index (χ3n) is 3.28. The molecule has 0 atom stereocenters. The maximum absolute atomic E-state index is 12.5. The number of carbonyl (C=O) groups is 2. The molecule has 2 N–H and O–H groups in total. The molecule has 0 aliphatic rings. The van der Waals surface area contributed by atoms with Crippen LogP contribution in [0.15, 0.2) is 40.9 Å². The second-order valence-electron chi connectivity index (χ2n) is 5.12. The second kappa shape index (κ2) is 9.75. The van der Waals surface area contributed by atoms with Gasteiger partial charge in [-0.3, -0.25) is 4.79 Å². The van der Waals surface area contributed by atoms with Crippen molar-refractivity contribution in [2.75, 3.05) is 23.5 Å². The van der Waals surface area contributed by atoms with E-state index in [1.807, 2.05) is 24.3 Å². The van der Waals surface area contributed by atoms with Crippen LogP contribution in [-0.2, 0) is 9.53 Å². The summed E-state index contributed by atoms with van der Waals surface area (Å²) in [5, 5.41) is 15.8. The number of nitrogens with one attached hydrogen (secondary N) is 2. The number of thioether (sulfide) groups is 1. The van der Waals surface area contributed by atoms with Crippen LogP contribution < -0.4 is 10.6 Å². The van der Waals surface area contributed by atoms with Crippen LogP contribution in [0, 0.1) is 18.3 Å². The molecule has 0 spiro atoms. The minimum Gasteiger partial charge on any atom is -0.462 e. The first kappa shape index (κ1) is 20.5. The van der Waals surface area contributed by atoms with E-state index in [9.17, 15) is 14.9 Å². The van der Waals surface area contributed by atoms with Gasteiger partial charge in [0.15, 0.2) is 10.7 Å². The van der Waals surface area contributed by atoms with Crippen molar-refractivity contribution in [3.8, 4) is 6.07 Å². The van der Waals surface area contributed by atoms with Crippen LogP contribution >= 0.6 is 23.1 Å². The van der Waals surface area contributed by atoms with Crippen LogP contribution in [0.1, 0.15) is 22.3 Å². The molecule has 1 amide bonds. The highest BCUT2D eigenvalue weighted by atomic mass is 32.2. The van der Waals surface area contributed by atoms with Gasteiger partial charge in [0, 0.05) is 5.69 Å². The number of thiazole rings is 1. The fraction of sp³-hybridized carbons (Fsp3) is 0.222. The molecule has 1 aromatic carbocycles. The highest BCUT2D eigenvalue weighted by Gasteiger charge is 2.20. The Bertz CT molecular complexity index is 901. The smallest absolute Gasteiger partial charge is 0.351 e. The summed E-state index contributed by atoms with van der Waals surface area (Å²) in [6, 6.07) is 11.0. The van der Waals surface area contributed by atoms with Crippen molar-refractivity contribution in [1.82, 2.24) is 4.98 Å². The number of benzene rings is 1. The standard InChI is InChI=1S/C18H18N4O3S2/c1-4-25-17(24)13(10-19)16(26-3)22-18-20-11(2)14(27-18)15(23)21-12-8-6-5-7-9-12/h5-9H,4H2,1-3H3,(H,20,22)(H,21,23)/b16-13+. The Hall–Kier alpha value is -2.83. The van der Waals surface area contributed by atoms with E-state index >= 15 is 0 Å². The molecule has 0 saturated carbocycles. The zero-order valence-electron chi connectivity index (χ0n) is 15.0. The zero-order valence-corrected chi connectivity index (χ0v) is 16.7. The number of para-hydroxylation sites is 1. The highest BCUT2D eigenvalue weighted by Crippen LogP contribution is 2.28. The maximum atomic E-state index is 12.5. The van der Waals surface area contributed by atoms with E-state index in [-0.39, 0.29) is 18.1 Å². The second-order valence-corrected chi connectivity index (χ2v) is 6.93. The predicted octanol–water partition coefficient (Wildman–Crippen LogP) is 3.78. The summed E-state index contributed by atoms with van der Waals surface area (Å²) in [5.41, 5.74) is 1.10. The molecule has 2 rings (SSSR count). The summed E-state index contributed by atoms with van der Waals surface area (Å²) in [7, 11) is 0. The Balaban J connectivity index is 2.23. The topological polar surface area (TPSA) is 104 Å². The summed E-state index contributed by atoms with van der Waals surface area (Å²) in [5.74, 6) is -0.975. The summed E-state index contributed by atoms with van der Waals surface area (Å²) < 4.78 is 4.90. The van der Waals surface area contributed by atoms with Gasteiger partial charge in [0.1, 0.15) is 10.9 Å². The number of aryl methyl sites for hydroxylation is 1. The Morgan fingerprint density at radius 3 is 2.59 bits per heavy atom. The Morgan fingerprint density at radius 2 is 2.00 bits per heavy atom. The van der Waals surface area contributed by atoms with Gasteiger partial charge in [-0.15, -0.1) is 11.8 Å². The monoisotopic (exact) mass is 402 g/mol. The van der Waals surface area contributed by atoms with Gasteiger partial charge in [-0.25, -0.2) is 9.78 Å². The van der Waals surface area contributed by atoms with E-state index < -0.39 is 5.97 Å². The average molecular weight is 403 g/mol. The Morgan fingerprint density at radius 1 is 1.30 bits per heavy atom. The van der Waals surface area contributed by atoms with Crippen LogP contribution in [0.4, 0.5) is 10.8 Å². The van der Waals surface area contributed by atoms with Crippen LogP contribution in [0.2, 0.25) is 0 Å². The SMILES string of the molecule is CCOC(=O)/C(C#N)=C(\Nc1nc(C)c(C(=O)Nc2ccccc2)s1)SC. The van der Waals surface area contributed by atoms with Gasteiger partial charge in [-0.2, -0.15) is 5.26 Å². The molecule has 1 aromatic heterocycles. The van der Waals surface area contributed by atoms with E-state index in [0.29, 0.717) is 26.4 Å². The van der Waals surface area contributed by atoms with Crippen LogP contribution in [0.5, 0.6) is 0 Å². The minimum atomic E-state index is -0.702. The molecule has 27 heavy (non-hydrogen) atoms. The quantitative estimate of drug-likeness (QED) is 0.412. The molecule has 7 nitrogen and oxygen atoms in total. The van der Waals surface area contributed by atoms with E-state index in [4.69, 9.17) is 4.74 Å². The lowest BCUT2D eigenvalue weighted by molar-refractivity contribution is -0.138. The van der Waals surface area contributed by atoms with Crippen molar-refractivity contribution in [2.45, 2.75) is 13.8 Å². The summed E-state index contributed by atoms with van der Waals surface area (Å²) in [4.78, 5) is 29.1. The van der Waals surface area contributed by atoms with Crippen molar-refractivity contribution in [1.29, 1.82) is 5.26 Å². The van der Waals surface area contributed by atoms with Crippen molar-refractivity contribution in [3.63, 3.8) is 0 Å². The molecule has 0 fully saturated rings. The molecule has 140 valence electrons. The summed E-state index contributed by atoms with van der Waals surface area (Å²) >= 11 is 2.33. The number of hydrogen-bond donors (Lipinski definition) is 2. The number of esters is 1. The van der Waals surface area contributed by atoms with E-state index in [1.54, 1.807) is 32.2 Å². The average Bonchev–Trinajstić information content (AvgIpc) is 3.03. The van der Waals surface area contributed by atoms with Gasteiger partial charge in [-0.05, 0) is 32.2 Å². The Labute approximate surface area is 165 Å². The molecular weight excluding hydrogens is 384 g/mol. The van der Waals surface area contributed by atoms with E-state index in [0.717, 1.165) is 11.3 Å². The maximum Gasteiger partial charge on any atom is 0.351 e. The first-order valence-corrected chi connectivity index (χ1v) is 10.0. The third kappa shape index (κ3) is 5.32. The molecule has 1 heterocycles. The first-order valence-electron chi connectivity index (χ1n) is 7.96. The highest BCUT2D eigenvalue weighted by molar-refractivity contribution is 8.02. The number of ether oxygens (including phenoxy) is 1. The van der Waals surface area contributed by atoms with Crippen molar-refractivity contribution in [3.05, 3.63) is 51.5 Å². The van der Waals surface area contributed by atoms with Gasteiger partial charge in [-0.1, -0.05) is 29.5 Å². The largest absolute Gasteiger partial charge is 0.462 e. The molecule has 0 unspecified atom stereocenters. The molecule has 2 aromatic rings. The van der Waals surface area contributed by atoms with Gasteiger partial charge >= 0.3 is 5.97 Å². The van der Waals surface area contributed by atoms with E-state index in [2.05, 4.69) is 15.6 Å². The zero-order chi connectivity index (χ0) is 19.8. The van der Waals surface area contributed by atoms with Gasteiger partial charge in [0.2, 0.25) is 0 Å². The van der Waals surface area contributed by atoms with Crippen LogP contribution in [-0.4, -0.2) is 29.7 Å². The van der Waals surface area contributed by atoms with Gasteiger partial charge < -0.3 is 15.4 Å². The lowest BCUT2D eigenvalue weighted by Gasteiger charge is -2.08. The molecule has 0 radical (unpaired) electrons. The summed E-state index contributed by atoms with van der Waals surface area (Å²) in [6.45, 7) is 3.56. The van der Waals surface area contributed by atoms with Crippen LogP contribution in [0.3, 0.4) is 0 Å². The molecule has 9 heteroatoms. The number of amides is 1. The van der Waals surface area contributed by atoms with Crippen molar-refractivity contribution < 1.29 is 14.3 Å². The number of nitriles is 1. The molecule has 0 saturated heterocycles. The number of carbonyl (C=O) groups excluding carboxylic acids is 2. The molecular formula is C18H18N4O3S2. The number of hydrogen-bond acceptors (Lipinski definition) is 8. The fourth-order valence-electron chi connectivity index (χ4n) is 2.07. The minimum absolute atomic E-state index is 0.132. The number of nitrogens with zero attached hydrogens (tertiary/aromatic N) is 2. The van der Waals surface area contributed by atoms with Crippen LogP contribution in [0.25, 0.3) is 0 Å². The number of aromatic nitrogens is 1. The molecule has 0 aliphatic carbocycles.